The van der Waals surface area contributed by atoms with Crippen LogP contribution in [0.5, 0.6) is 0 Å². The van der Waals surface area contributed by atoms with Crippen molar-refractivity contribution in [1.29, 1.82) is 0 Å². The highest BCUT2D eigenvalue weighted by Gasteiger charge is 2.25. The fourth-order valence-corrected chi connectivity index (χ4v) is 2.09. The number of carbonyl (C=O) groups excluding carboxylic acids is 1. The summed E-state index contributed by atoms with van der Waals surface area (Å²) in [5.41, 5.74) is 1.51. The topological polar surface area (TPSA) is 44.1 Å². The zero-order valence-corrected chi connectivity index (χ0v) is 9.90. The summed E-state index contributed by atoms with van der Waals surface area (Å²) >= 11 is 0. The van der Waals surface area contributed by atoms with Crippen molar-refractivity contribution in [3.8, 4) is 0 Å². The van der Waals surface area contributed by atoms with E-state index in [1.54, 1.807) is 6.33 Å². The third-order valence-corrected chi connectivity index (χ3v) is 3.17. The van der Waals surface area contributed by atoms with Gasteiger partial charge in [-0.1, -0.05) is 6.92 Å². The summed E-state index contributed by atoms with van der Waals surface area (Å²) in [6, 6.07) is 0.547. The first-order valence-corrected chi connectivity index (χ1v) is 6.00. The van der Waals surface area contributed by atoms with Gasteiger partial charge in [0.25, 0.3) is 0 Å². The minimum absolute atomic E-state index is 0.294. The Bertz CT molecular complexity index is 380. The predicted octanol–water partition coefficient (Wildman–Crippen LogP) is 2.35. The van der Waals surface area contributed by atoms with Crippen molar-refractivity contribution in [3.05, 3.63) is 17.7 Å². The van der Waals surface area contributed by atoms with Crippen LogP contribution in [0.25, 0.3) is 0 Å². The van der Waals surface area contributed by atoms with E-state index in [9.17, 15) is 4.79 Å². The smallest absolute Gasteiger partial charge is 0.358 e. The molecule has 4 nitrogen and oxygen atoms in total. The zero-order chi connectivity index (χ0) is 11.5. The fraction of sp³-hybridized carbons (Fsp3) is 0.667. The first-order valence-electron chi connectivity index (χ1n) is 6.00. The van der Waals surface area contributed by atoms with Crippen LogP contribution in [0.2, 0.25) is 0 Å². The summed E-state index contributed by atoms with van der Waals surface area (Å²) < 4.78 is 7.15. The molecule has 1 fully saturated rings. The van der Waals surface area contributed by atoms with Crippen LogP contribution in [0.3, 0.4) is 0 Å². The summed E-state index contributed by atoms with van der Waals surface area (Å²) in [6.07, 6.45) is 6.29. The molecule has 4 heteroatoms. The molecule has 2 rings (SSSR count). The van der Waals surface area contributed by atoms with Crippen LogP contribution >= 0.6 is 0 Å². The van der Waals surface area contributed by atoms with E-state index in [4.69, 9.17) is 4.74 Å². The molecule has 0 amide bonds. The molecule has 1 heterocycles. The SMILES string of the molecule is CCOC(=O)c1ncn(C2CCC2)c1CC. The van der Waals surface area contributed by atoms with Crippen LogP contribution < -0.4 is 0 Å². The van der Waals surface area contributed by atoms with Crippen molar-refractivity contribution in [2.24, 2.45) is 0 Å². The van der Waals surface area contributed by atoms with Crippen molar-refractivity contribution < 1.29 is 9.53 Å². The van der Waals surface area contributed by atoms with E-state index in [1.807, 2.05) is 6.92 Å². The molecule has 0 unspecified atom stereocenters. The van der Waals surface area contributed by atoms with Crippen molar-refractivity contribution in [2.45, 2.75) is 45.6 Å². The van der Waals surface area contributed by atoms with Gasteiger partial charge >= 0.3 is 5.97 Å². The molecule has 1 saturated carbocycles. The Labute approximate surface area is 95.6 Å². The van der Waals surface area contributed by atoms with Crippen LogP contribution in [0.1, 0.15) is 55.3 Å². The molecule has 0 N–H and O–H groups in total. The standard InChI is InChI=1S/C12H18N2O2/c1-3-10-11(12(15)16-4-2)13-8-14(10)9-6-5-7-9/h8-9H,3-7H2,1-2H3. The molecular formula is C12H18N2O2. The van der Waals surface area contributed by atoms with Gasteiger partial charge in [-0.25, -0.2) is 9.78 Å². The van der Waals surface area contributed by atoms with Gasteiger partial charge in [-0.15, -0.1) is 0 Å². The van der Waals surface area contributed by atoms with Gasteiger partial charge < -0.3 is 9.30 Å². The maximum absolute atomic E-state index is 11.7. The number of imidazole rings is 1. The fourth-order valence-electron chi connectivity index (χ4n) is 2.09. The van der Waals surface area contributed by atoms with Gasteiger partial charge in [0.15, 0.2) is 5.69 Å². The second-order valence-electron chi connectivity index (χ2n) is 4.11. The Morgan fingerprint density at radius 3 is 2.81 bits per heavy atom. The van der Waals surface area contributed by atoms with Crippen LogP contribution in [0.15, 0.2) is 6.33 Å². The average Bonchev–Trinajstić information content (AvgIpc) is 2.59. The molecule has 0 saturated heterocycles. The van der Waals surface area contributed by atoms with E-state index in [0.29, 0.717) is 18.3 Å². The Hall–Kier alpha value is -1.32. The molecule has 16 heavy (non-hydrogen) atoms. The van der Waals surface area contributed by atoms with Gasteiger partial charge in [0.05, 0.1) is 18.6 Å². The van der Waals surface area contributed by atoms with Crippen molar-refractivity contribution in [3.63, 3.8) is 0 Å². The van der Waals surface area contributed by atoms with Gasteiger partial charge in [0.1, 0.15) is 0 Å². The summed E-state index contributed by atoms with van der Waals surface area (Å²) in [5, 5.41) is 0. The number of nitrogens with zero attached hydrogens (tertiary/aromatic N) is 2. The van der Waals surface area contributed by atoms with Gasteiger partial charge in [0.2, 0.25) is 0 Å². The molecule has 88 valence electrons. The second-order valence-corrected chi connectivity index (χ2v) is 4.11. The van der Waals surface area contributed by atoms with Crippen LogP contribution in [-0.4, -0.2) is 22.1 Å². The number of hydrogen-bond donors (Lipinski definition) is 0. The van der Waals surface area contributed by atoms with E-state index < -0.39 is 0 Å². The number of esters is 1. The summed E-state index contributed by atoms with van der Waals surface area (Å²) in [5.74, 6) is -0.294. The van der Waals surface area contributed by atoms with Crippen molar-refractivity contribution in [2.75, 3.05) is 6.61 Å². The van der Waals surface area contributed by atoms with Crippen LogP contribution in [0.4, 0.5) is 0 Å². The molecule has 1 aromatic rings. The molecule has 0 radical (unpaired) electrons. The molecule has 0 aromatic carbocycles. The number of aromatic nitrogens is 2. The number of carbonyl (C=O) groups is 1. The van der Waals surface area contributed by atoms with E-state index in [0.717, 1.165) is 12.1 Å². The van der Waals surface area contributed by atoms with Gasteiger partial charge in [0, 0.05) is 6.04 Å². The van der Waals surface area contributed by atoms with Gasteiger partial charge in [-0.05, 0) is 32.6 Å². The number of ether oxygens (including phenoxy) is 1. The van der Waals surface area contributed by atoms with Crippen molar-refractivity contribution in [1.82, 2.24) is 9.55 Å². The third-order valence-electron chi connectivity index (χ3n) is 3.17. The van der Waals surface area contributed by atoms with E-state index >= 15 is 0 Å². The van der Waals surface area contributed by atoms with E-state index in [-0.39, 0.29) is 5.97 Å². The van der Waals surface area contributed by atoms with Crippen LogP contribution in [-0.2, 0) is 11.2 Å². The lowest BCUT2D eigenvalue weighted by atomic mass is 9.92. The molecule has 1 aliphatic carbocycles. The number of hydrogen-bond acceptors (Lipinski definition) is 3. The highest BCUT2D eigenvalue weighted by atomic mass is 16.5. The minimum Gasteiger partial charge on any atom is -0.461 e. The highest BCUT2D eigenvalue weighted by molar-refractivity contribution is 5.88. The molecular weight excluding hydrogens is 204 g/mol. The van der Waals surface area contributed by atoms with Gasteiger partial charge in [-0.3, -0.25) is 0 Å². The maximum atomic E-state index is 11.7. The minimum atomic E-state index is -0.294. The molecule has 0 bridgehead atoms. The molecule has 0 spiro atoms. The van der Waals surface area contributed by atoms with E-state index in [2.05, 4.69) is 16.5 Å². The van der Waals surface area contributed by atoms with E-state index in [1.165, 1.54) is 19.3 Å². The quantitative estimate of drug-likeness (QED) is 0.734. The summed E-state index contributed by atoms with van der Waals surface area (Å²) in [6.45, 7) is 4.26. The predicted molar refractivity (Wildman–Crippen MR) is 60.4 cm³/mol. The molecule has 0 aliphatic heterocycles. The monoisotopic (exact) mass is 222 g/mol. The third kappa shape index (κ3) is 1.84. The lowest BCUT2D eigenvalue weighted by molar-refractivity contribution is 0.0518. The molecule has 1 aromatic heterocycles. The first kappa shape index (κ1) is 11.2. The average molecular weight is 222 g/mol. The summed E-state index contributed by atoms with van der Waals surface area (Å²) in [4.78, 5) is 15.9. The maximum Gasteiger partial charge on any atom is 0.358 e. The van der Waals surface area contributed by atoms with Crippen molar-refractivity contribution >= 4 is 5.97 Å². The zero-order valence-electron chi connectivity index (χ0n) is 9.90. The Kier molecular flexibility index (Phi) is 3.27. The second kappa shape index (κ2) is 4.68. The normalized spacial score (nSPS) is 15.9. The lowest BCUT2D eigenvalue weighted by Crippen LogP contribution is -2.19. The Morgan fingerprint density at radius 1 is 1.56 bits per heavy atom. The molecule has 1 aliphatic rings. The molecule has 0 atom stereocenters. The summed E-state index contributed by atoms with van der Waals surface area (Å²) in [7, 11) is 0. The Balaban J connectivity index is 2.24. The lowest BCUT2D eigenvalue weighted by Gasteiger charge is -2.28. The number of rotatable bonds is 4. The Morgan fingerprint density at radius 2 is 2.31 bits per heavy atom. The highest BCUT2D eigenvalue weighted by Crippen LogP contribution is 2.33. The largest absolute Gasteiger partial charge is 0.461 e. The first-order chi connectivity index (χ1) is 7.77. The van der Waals surface area contributed by atoms with Gasteiger partial charge in [-0.2, -0.15) is 0 Å². The van der Waals surface area contributed by atoms with Crippen LogP contribution in [0, 0.1) is 0 Å².